The van der Waals surface area contributed by atoms with E-state index in [1.165, 1.54) is 11.8 Å². The van der Waals surface area contributed by atoms with Crippen LogP contribution in [0.15, 0.2) is 46.3 Å². The van der Waals surface area contributed by atoms with E-state index in [1.54, 1.807) is 4.57 Å². The molecule has 3 aromatic rings. The highest BCUT2D eigenvalue weighted by Gasteiger charge is 2.19. The lowest BCUT2D eigenvalue weighted by Crippen LogP contribution is -2.36. The van der Waals surface area contributed by atoms with Crippen molar-refractivity contribution in [1.29, 1.82) is 0 Å². The number of morpholine rings is 1. The lowest BCUT2D eigenvalue weighted by Gasteiger charge is -2.29. The third-order valence-corrected chi connectivity index (χ3v) is 7.39. The number of nitrogens with one attached hydrogen (secondary N) is 1. The molecule has 1 aromatic heterocycles. The fourth-order valence-corrected chi connectivity index (χ4v) is 5.04. The topological polar surface area (TPSA) is 94.9 Å². The van der Waals surface area contributed by atoms with Crippen molar-refractivity contribution in [2.24, 2.45) is 0 Å². The van der Waals surface area contributed by atoms with Gasteiger partial charge in [0, 0.05) is 24.8 Å². The molecule has 2 aromatic carbocycles. The van der Waals surface area contributed by atoms with E-state index in [-0.39, 0.29) is 30.1 Å². The van der Waals surface area contributed by atoms with E-state index in [0.717, 1.165) is 30.8 Å². The Bertz CT molecular complexity index is 1320. The van der Waals surface area contributed by atoms with E-state index < -0.39 is 0 Å². The molecule has 2 aliphatic heterocycles. The van der Waals surface area contributed by atoms with Crippen LogP contribution < -0.4 is 25.2 Å². The molecule has 9 nitrogen and oxygen atoms in total. The molecule has 1 fully saturated rings. The number of aromatic nitrogens is 2. The van der Waals surface area contributed by atoms with Crippen LogP contribution in [0, 0.1) is 0 Å². The van der Waals surface area contributed by atoms with Gasteiger partial charge >= 0.3 is 0 Å². The number of carbonyl (C=O) groups excluding carboxylic acids is 1. The largest absolute Gasteiger partial charge is 0.454 e. The number of hydrogen-bond acceptors (Lipinski definition) is 8. The number of anilines is 1. The molecule has 1 saturated heterocycles. The Balaban J connectivity index is 1.50. The van der Waals surface area contributed by atoms with Gasteiger partial charge in [0.25, 0.3) is 5.56 Å². The summed E-state index contributed by atoms with van der Waals surface area (Å²) in [6.45, 7) is 7.38. The second-order valence-corrected chi connectivity index (χ2v) is 9.88. The first kappa shape index (κ1) is 24.5. The minimum atomic E-state index is -0.141. The molecule has 2 aliphatic rings. The highest BCUT2D eigenvalue weighted by atomic mass is 32.2. The molecule has 0 aliphatic carbocycles. The molecule has 190 valence electrons. The number of amides is 1. The minimum Gasteiger partial charge on any atom is -0.454 e. The van der Waals surface area contributed by atoms with Crippen molar-refractivity contribution >= 4 is 34.3 Å². The maximum atomic E-state index is 13.8. The zero-order valence-corrected chi connectivity index (χ0v) is 21.3. The van der Waals surface area contributed by atoms with Crippen LogP contribution in [0.25, 0.3) is 10.9 Å². The molecule has 10 heteroatoms. The maximum absolute atomic E-state index is 13.8. The molecule has 0 unspecified atom stereocenters. The molecule has 1 amide bonds. The molecular weight excluding hydrogens is 480 g/mol. The summed E-state index contributed by atoms with van der Waals surface area (Å²) in [5.74, 6) is 1.44. The lowest BCUT2D eigenvalue weighted by atomic mass is 10.1. The Morgan fingerprint density at radius 2 is 1.94 bits per heavy atom. The molecule has 0 bridgehead atoms. The van der Waals surface area contributed by atoms with E-state index in [1.807, 2.05) is 50.2 Å². The van der Waals surface area contributed by atoms with Crippen LogP contribution in [-0.4, -0.2) is 60.3 Å². The van der Waals surface area contributed by atoms with Crippen LogP contribution in [0.4, 0.5) is 5.69 Å². The summed E-state index contributed by atoms with van der Waals surface area (Å²) in [6.07, 6.45) is 0.852. The Labute approximate surface area is 213 Å². The summed E-state index contributed by atoms with van der Waals surface area (Å²) in [6, 6.07) is 11.5. The van der Waals surface area contributed by atoms with Gasteiger partial charge in [-0.1, -0.05) is 24.8 Å². The van der Waals surface area contributed by atoms with Gasteiger partial charge in [0.2, 0.25) is 12.7 Å². The molecule has 3 heterocycles. The number of carbonyl (C=O) groups is 1. The lowest BCUT2D eigenvalue weighted by molar-refractivity contribution is -0.119. The van der Waals surface area contributed by atoms with Crippen molar-refractivity contribution in [3.8, 4) is 11.5 Å². The van der Waals surface area contributed by atoms with Gasteiger partial charge in [0.05, 0.1) is 36.4 Å². The SMILES string of the molecule is CC[C@H](C)NC(=O)CSc1nc2ccc(N3CCOCC3)cc2c(=O)n1Cc1ccc2c(c1)OCO2. The Hall–Kier alpha value is -3.24. The predicted molar refractivity (Wildman–Crippen MR) is 139 cm³/mol. The van der Waals surface area contributed by atoms with Gasteiger partial charge in [-0.3, -0.25) is 14.2 Å². The first-order valence-corrected chi connectivity index (χ1v) is 13.2. The molecule has 36 heavy (non-hydrogen) atoms. The third-order valence-electron chi connectivity index (χ3n) is 6.41. The van der Waals surface area contributed by atoms with Crippen LogP contribution in [0.2, 0.25) is 0 Å². The predicted octanol–water partition coefficient (Wildman–Crippen LogP) is 3.02. The first-order valence-electron chi connectivity index (χ1n) is 12.2. The van der Waals surface area contributed by atoms with E-state index in [4.69, 9.17) is 19.2 Å². The van der Waals surface area contributed by atoms with E-state index in [9.17, 15) is 9.59 Å². The molecule has 1 N–H and O–H groups in total. The summed E-state index contributed by atoms with van der Waals surface area (Å²) in [4.78, 5) is 33.3. The number of rotatable bonds is 8. The number of fused-ring (bicyclic) bond motifs is 2. The Morgan fingerprint density at radius 1 is 1.14 bits per heavy atom. The smallest absolute Gasteiger partial charge is 0.262 e. The van der Waals surface area contributed by atoms with Crippen molar-refractivity contribution in [3.63, 3.8) is 0 Å². The summed E-state index contributed by atoms with van der Waals surface area (Å²) >= 11 is 1.27. The highest BCUT2D eigenvalue weighted by Crippen LogP contribution is 2.33. The fraction of sp³-hybridized carbons (Fsp3) is 0.423. The summed E-state index contributed by atoms with van der Waals surface area (Å²) in [7, 11) is 0. The standard InChI is InChI=1S/C26H30N4O5S/c1-3-17(2)27-24(31)15-36-26-28-21-6-5-19(29-8-10-33-11-9-29)13-20(21)25(32)30(26)14-18-4-7-22-23(12-18)35-16-34-22/h4-7,12-13,17H,3,8-11,14-16H2,1-2H3,(H,27,31)/t17-/m0/s1. The maximum Gasteiger partial charge on any atom is 0.262 e. The first-order chi connectivity index (χ1) is 17.5. The zero-order valence-electron chi connectivity index (χ0n) is 20.5. The normalized spacial score (nSPS) is 15.8. The van der Waals surface area contributed by atoms with Crippen molar-refractivity contribution < 1.29 is 19.0 Å². The highest BCUT2D eigenvalue weighted by molar-refractivity contribution is 7.99. The number of ether oxygens (including phenoxy) is 3. The van der Waals surface area contributed by atoms with Gasteiger partial charge in [-0.2, -0.15) is 0 Å². The van der Waals surface area contributed by atoms with Crippen LogP contribution in [0.1, 0.15) is 25.8 Å². The Kier molecular flexibility index (Phi) is 7.33. The quantitative estimate of drug-likeness (QED) is 0.365. The van der Waals surface area contributed by atoms with Crippen molar-refractivity contribution in [1.82, 2.24) is 14.9 Å². The fourth-order valence-electron chi connectivity index (χ4n) is 4.23. The molecule has 0 radical (unpaired) electrons. The van der Waals surface area contributed by atoms with Crippen LogP contribution >= 0.6 is 11.8 Å². The second kappa shape index (κ2) is 10.8. The van der Waals surface area contributed by atoms with Gasteiger partial charge in [-0.15, -0.1) is 0 Å². The second-order valence-electron chi connectivity index (χ2n) is 8.94. The van der Waals surface area contributed by atoms with E-state index in [2.05, 4.69) is 10.2 Å². The molecular formula is C26H30N4O5S. The number of thioether (sulfide) groups is 1. The molecule has 1 atom stereocenters. The van der Waals surface area contributed by atoms with E-state index in [0.29, 0.717) is 47.3 Å². The van der Waals surface area contributed by atoms with Gasteiger partial charge in [-0.25, -0.2) is 4.98 Å². The Morgan fingerprint density at radius 3 is 2.75 bits per heavy atom. The number of nitrogens with zero attached hydrogens (tertiary/aromatic N) is 3. The molecule has 0 spiro atoms. The average Bonchev–Trinajstić information content (AvgIpc) is 3.37. The van der Waals surface area contributed by atoms with Gasteiger partial charge in [0.15, 0.2) is 16.7 Å². The number of benzene rings is 2. The van der Waals surface area contributed by atoms with E-state index >= 15 is 0 Å². The zero-order chi connectivity index (χ0) is 25.1. The summed E-state index contributed by atoms with van der Waals surface area (Å²) in [5.41, 5.74) is 2.34. The van der Waals surface area contributed by atoms with Gasteiger partial charge in [-0.05, 0) is 49.2 Å². The van der Waals surface area contributed by atoms with Crippen LogP contribution in [0.3, 0.4) is 0 Å². The third kappa shape index (κ3) is 5.29. The summed E-state index contributed by atoms with van der Waals surface area (Å²) < 4.78 is 18.0. The van der Waals surface area contributed by atoms with Crippen molar-refractivity contribution in [3.05, 3.63) is 52.3 Å². The average molecular weight is 511 g/mol. The monoisotopic (exact) mass is 510 g/mol. The van der Waals surface area contributed by atoms with Gasteiger partial charge in [0.1, 0.15) is 0 Å². The van der Waals surface area contributed by atoms with Crippen molar-refractivity contribution in [2.75, 3.05) is 43.7 Å². The number of hydrogen-bond donors (Lipinski definition) is 1. The van der Waals surface area contributed by atoms with Crippen LogP contribution in [-0.2, 0) is 16.1 Å². The molecule has 5 rings (SSSR count). The summed E-state index contributed by atoms with van der Waals surface area (Å²) in [5, 5.41) is 4.02. The van der Waals surface area contributed by atoms with Crippen LogP contribution in [0.5, 0.6) is 11.5 Å². The molecule has 0 saturated carbocycles. The van der Waals surface area contributed by atoms with Crippen molar-refractivity contribution in [2.45, 2.75) is 38.0 Å². The van der Waals surface area contributed by atoms with Gasteiger partial charge < -0.3 is 24.4 Å². The minimum absolute atomic E-state index is 0.0824.